The van der Waals surface area contributed by atoms with Crippen LogP contribution in [0.1, 0.15) is 31.3 Å². The molecule has 172 valence electrons. The Kier molecular flexibility index (Phi) is 5.04. The highest BCUT2D eigenvalue weighted by Crippen LogP contribution is 2.39. The highest BCUT2D eigenvalue weighted by molar-refractivity contribution is 6.07. The number of aromatic nitrogens is 3. The van der Waals surface area contributed by atoms with Crippen molar-refractivity contribution in [2.24, 2.45) is 0 Å². The summed E-state index contributed by atoms with van der Waals surface area (Å²) in [6.07, 6.45) is 4.90. The van der Waals surface area contributed by atoms with Crippen LogP contribution in [-0.2, 0) is 4.79 Å². The van der Waals surface area contributed by atoms with E-state index in [2.05, 4.69) is 15.3 Å². The Morgan fingerprint density at radius 2 is 1.85 bits per heavy atom. The Morgan fingerprint density at radius 1 is 1.09 bits per heavy atom. The van der Waals surface area contributed by atoms with E-state index in [-0.39, 0.29) is 24.1 Å². The molecule has 4 aromatic rings. The second kappa shape index (κ2) is 7.95. The number of amides is 2. The Labute approximate surface area is 195 Å². The second-order valence-corrected chi connectivity index (χ2v) is 8.76. The van der Waals surface area contributed by atoms with Crippen molar-refractivity contribution in [3.63, 3.8) is 0 Å². The number of halogens is 1. The quantitative estimate of drug-likeness (QED) is 0.493. The molecule has 8 nitrogen and oxygen atoms in total. The van der Waals surface area contributed by atoms with Crippen LogP contribution in [0.2, 0.25) is 0 Å². The lowest BCUT2D eigenvalue weighted by atomic mass is 9.99. The molecule has 5 rings (SSSR count). The number of carbonyl (C=O) groups is 2. The normalized spacial score (nSPS) is 14.4. The summed E-state index contributed by atoms with van der Waals surface area (Å²) in [4.78, 5) is 35.3. The number of hydrogen-bond acceptors (Lipinski definition) is 5. The first-order chi connectivity index (χ1) is 16.2. The van der Waals surface area contributed by atoms with Crippen LogP contribution >= 0.6 is 0 Å². The summed E-state index contributed by atoms with van der Waals surface area (Å²) < 4.78 is 21.3. The van der Waals surface area contributed by atoms with Crippen molar-refractivity contribution >= 4 is 28.8 Å². The van der Waals surface area contributed by atoms with E-state index < -0.39 is 11.4 Å². The van der Waals surface area contributed by atoms with Crippen molar-refractivity contribution in [3.8, 4) is 17.0 Å². The van der Waals surface area contributed by atoms with E-state index in [4.69, 9.17) is 4.74 Å². The van der Waals surface area contributed by atoms with Gasteiger partial charge in [-0.25, -0.2) is 14.4 Å². The molecule has 34 heavy (non-hydrogen) atoms. The molecule has 3 heterocycles. The van der Waals surface area contributed by atoms with E-state index in [1.165, 1.54) is 19.1 Å². The van der Waals surface area contributed by atoms with Crippen molar-refractivity contribution in [2.45, 2.75) is 26.3 Å². The van der Waals surface area contributed by atoms with Crippen molar-refractivity contribution in [1.29, 1.82) is 0 Å². The third kappa shape index (κ3) is 3.75. The maximum atomic E-state index is 13.7. The van der Waals surface area contributed by atoms with Crippen molar-refractivity contribution in [1.82, 2.24) is 14.4 Å². The van der Waals surface area contributed by atoms with Crippen LogP contribution in [0.5, 0.6) is 5.75 Å². The first-order valence-electron chi connectivity index (χ1n) is 10.7. The highest BCUT2D eigenvalue weighted by Gasteiger charge is 2.39. The SMILES string of the molecule is CC(=O)Nc1ccc(-c2cnc3cnc(C(=O)N4c5ccc(F)cc5OCC4(C)C)cn23)cc1. The summed E-state index contributed by atoms with van der Waals surface area (Å²) in [5, 5.41) is 2.74. The first kappa shape index (κ1) is 21.6. The van der Waals surface area contributed by atoms with E-state index in [1.54, 1.807) is 46.1 Å². The number of rotatable bonds is 3. The number of carbonyl (C=O) groups excluding carboxylic acids is 2. The number of nitrogens with one attached hydrogen (secondary N) is 1. The van der Waals surface area contributed by atoms with Crippen LogP contribution < -0.4 is 15.0 Å². The van der Waals surface area contributed by atoms with Gasteiger partial charge in [0.05, 0.1) is 29.3 Å². The average Bonchev–Trinajstić information content (AvgIpc) is 3.22. The maximum Gasteiger partial charge on any atom is 0.279 e. The monoisotopic (exact) mass is 459 g/mol. The van der Waals surface area contributed by atoms with Gasteiger partial charge in [0.25, 0.3) is 5.91 Å². The molecule has 0 atom stereocenters. The minimum Gasteiger partial charge on any atom is -0.489 e. The summed E-state index contributed by atoms with van der Waals surface area (Å²) in [5.41, 5.74) is 2.93. The predicted octanol–water partition coefficient (Wildman–Crippen LogP) is 4.31. The molecule has 0 bridgehead atoms. The fourth-order valence-electron chi connectivity index (χ4n) is 4.07. The van der Waals surface area contributed by atoms with Gasteiger partial charge in [0, 0.05) is 30.4 Å². The fourth-order valence-corrected chi connectivity index (χ4v) is 4.07. The van der Waals surface area contributed by atoms with Crippen molar-refractivity contribution in [2.75, 3.05) is 16.8 Å². The molecule has 0 spiro atoms. The van der Waals surface area contributed by atoms with Gasteiger partial charge in [0.15, 0.2) is 5.65 Å². The number of benzene rings is 2. The van der Waals surface area contributed by atoms with Crippen LogP contribution in [0.4, 0.5) is 15.8 Å². The topological polar surface area (TPSA) is 88.8 Å². The first-order valence-corrected chi connectivity index (χ1v) is 10.7. The molecule has 2 amide bonds. The number of imidazole rings is 1. The number of fused-ring (bicyclic) bond motifs is 2. The Bertz CT molecular complexity index is 1430. The number of ether oxygens (including phenoxy) is 1. The zero-order valence-electron chi connectivity index (χ0n) is 18.9. The molecule has 0 radical (unpaired) electrons. The molecule has 0 fully saturated rings. The average molecular weight is 459 g/mol. The molecule has 1 aliphatic rings. The minimum atomic E-state index is -0.671. The van der Waals surface area contributed by atoms with Gasteiger partial charge in [-0.1, -0.05) is 12.1 Å². The molecule has 1 aliphatic heterocycles. The molecule has 0 unspecified atom stereocenters. The maximum absolute atomic E-state index is 13.7. The smallest absolute Gasteiger partial charge is 0.279 e. The van der Waals surface area contributed by atoms with Gasteiger partial charge in [-0.15, -0.1) is 0 Å². The van der Waals surface area contributed by atoms with E-state index in [0.29, 0.717) is 22.8 Å². The largest absolute Gasteiger partial charge is 0.489 e. The number of nitrogens with zero attached hydrogens (tertiary/aromatic N) is 4. The van der Waals surface area contributed by atoms with Crippen LogP contribution in [0.15, 0.2) is 61.1 Å². The van der Waals surface area contributed by atoms with E-state index >= 15 is 0 Å². The van der Waals surface area contributed by atoms with Gasteiger partial charge in [-0.05, 0) is 38.1 Å². The lowest BCUT2D eigenvalue weighted by molar-refractivity contribution is -0.114. The van der Waals surface area contributed by atoms with Crippen molar-refractivity contribution < 1.29 is 18.7 Å². The zero-order valence-corrected chi connectivity index (χ0v) is 18.9. The molecule has 0 aliphatic carbocycles. The van der Waals surface area contributed by atoms with E-state index in [1.807, 2.05) is 26.0 Å². The van der Waals surface area contributed by atoms with Crippen molar-refractivity contribution in [3.05, 3.63) is 72.6 Å². The lowest BCUT2D eigenvalue weighted by Crippen LogP contribution is -2.54. The predicted molar refractivity (Wildman–Crippen MR) is 126 cm³/mol. The summed E-state index contributed by atoms with van der Waals surface area (Å²) in [7, 11) is 0. The molecule has 0 saturated heterocycles. The van der Waals surface area contributed by atoms with Crippen LogP contribution in [0, 0.1) is 5.82 Å². The summed E-state index contributed by atoms with van der Waals surface area (Å²) in [6, 6.07) is 11.5. The molecular weight excluding hydrogens is 437 g/mol. The van der Waals surface area contributed by atoms with Gasteiger partial charge < -0.3 is 10.1 Å². The standard InChI is InChI=1S/C25H22FN5O3/c1-15(32)29-18-7-4-16(5-8-18)21-11-28-23-12-27-19(13-30(21)23)24(33)31-20-9-6-17(26)10-22(20)34-14-25(31,2)3/h4-13H,14H2,1-3H3,(H,29,32). The van der Waals surface area contributed by atoms with Gasteiger partial charge in [-0.2, -0.15) is 0 Å². The summed E-state index contributed by atoms with van der Waals surface area (Å²) in [6.45, 7) is 5.44. The van der Waals surface area contributed by atoms with Gasteiger partial charge in [0.1, 0.15) is 23.9 Å². The highest BCUT2D eigenvalue weighted by atomic mass is 19.1. The minimum absolute atomic E-state index is 0.146. The van der Waals surface area contributed by atoms with Crippen LogP contribution in [-0.4, -0.2) is 38.3 Å². The Hall–Kier alpha value is -4.27. The molecular formula is C25H22FN5O3. The molecule has 1 N–H and O–H groups in total. The van der Waals surface area contributed by atoms with Gasteiger partial charge in [0.2, 0.25) is 5.91 Å². The Balaban J connectivity index is 1.54. The van der Waals surface area contributed by atoms with Crippen LogP contribution in [0.25, 0.3) is 16.9 Å². The summed E-state index contributed by atoms with van der Waals surface area (Å²) in [5.74, 6) is -0.592. The third-order valence-electron chi connectivity index (χ3n) is 5.67. The molecule has 2 aromatic carbocycles. The summed E-state index contributed by atoms with van der Waals surface area (Å²) >= 11 is 0. The second-order valence-electron chi connectivity index (χ2n) is 8.76. The molecule has 0 saturated carbocycles. The molecule has 2 aromatic heterocycles. The van der Waals surface area contributed by atoms with E-state index in [9.17, 15) is 14.0 Å². The van der Waals surface area contributed by atoms with E-state index in [0.717, 1.165) is 11.3 Å². The third-order valence-corrected chi connectivity index (χ3v) is 5.67. The fraction of sp³-hybridized carbons (Fsp3) is 0.200. The molecule has 9 heteroatoms. The lowest BCUT2D eigenvalue weighted by Gasteiger charge is -2.42. The Morgan fingerprint density at radius 3 is 2.59 bits per heavy atom. The number of anilines is 2. The van der Waals surface area contributed by atoms with Crippen LogP contribution in [0.3, 0.4) is 0 Å². The van der Waals surface area contributed by atoms with Gasteiger partial charge >= 0.3 is 0 Å². The van der Waals surface area contributed by atoms with Gasteiger partial charge in [-0.3, -0.25) is 18.9 Å². The number of hydrogen-bond donors (Lipinski definition) is 1. The zero-order chi connectivity index (χ0) is 24.0.